The molecule has 1 aliphatic rings. The molecule has 0 spiro atoms. The Labute approximate surface area is 115 Å². The molecule has 4 heteroatoms. The van der Waals surface area contributed by atoms with Gasteiger partial charge in [0.2, 0.25) is 0 Å². The van der Waals surface area contributed by atoms with E-state index >= 15 is 0 Å². The summed E-state index contributed by atoms with van der Waals surface area (Å²) in [5, 5.41) is 0.605. The number of halogens is 2. The van der Waals surface area contributed by atoms with Crippen LogP contribution in [0.5, 0.6) is 0 Å². The normalized spacial score (nSPS) is 23.0. The predicted molar refractivity (Wildman–Crippen MR) is 73.9 cm³/mol. The summed E-state index contributed by atoms with van der Waals surface area (Å²) in [4.78, 5) is 14.5. The lowest BCUT2D eigenvalue weighted by molar-refractivity contribution is 0.0749. The molecule has 0 radical (unpaired) electrons. The van der Waals surface area contributed by atoms with Crippen LogP contribution >= 0.6 is 27.5 Å². The molecule has 92 valence electrons. The van der Waals surface area contributed by atoms with E-state index in [2.05, 4.69) is 15.9 Å². The fourth-order valence-corrected chi connectivity index (χ4v) is 3.36. The van der Waals surface area contributed by atoms with Gasteiger partial charge in [0.15, 0.2) is 0 Å². The van der Waals surface area contributed by atoms with Crippen molar-refractivity contribution in [2.24, 2.45) is 5.92 Å². The van der Waals surface area contributed by atoms with Crippen LogP contribution in [0.15, 0.2) is 24.3 Å². The number of carbonyl (C=O) groups is 1. The van der Waals surface area contributed by atoms with E-state index in [-0.39, 0.29) is 5.91 Å². The van der Waals surface area contributed by atoms with Gasteiger partial charge in [0.05, 0.1) is 0 Å². The van der Waals surface area contributed by atoms with Crippen molar-refractivity contribution in [1.82, 2.24) is 4.90 Å². The molecule has 2 rings (SSSR count). The van der Waals surface area contributed by atoms with Crippen LogP contribution in [-0.4, -0.2) is 29.2 Å². The second-order valence-electron chi connectivity index (χ2n) is 4.63. The zero-order chi connectivity index (χ0) is 12.4. The van der Waals surface area contributed by atoms with Gasteiger partial charge in [0.1, 0.15) is 0 Å². The van der Waals surface area contributed by atoms with Crippen molar-refractivity contribution in [3.63, 3.8) is 0 Å². The highest BCUT2D eigenvalue weighted by Gasteiger charge is 2.28. The van der Waals surface area contributed by atoms with Crippen LogP contribution < -0.4 is 0 Å². The van der Waals surface area contributed by atoms with E-state index in [0.717, 1.165) is 19.4 Å². The van der Waals surface area contributed by atoms with Crippen LogP contribution in [0.2, 0.25) is 5.02 Å². The number of nitrogens with zero attached hydrogens (tertiary/aromatic N) is 1. The monoisotopic (exact) mass is 315 g/mol. The van der Waals surface area contributed by atoms with Crippen molar-refractivity contribution in [3.8, 4) is 0 Å². The molecule has 0 saturated heterocycles. The molecule has 2 nitrogen and oxygen atoms in total. The summed E-state index contributed by atoms with van der Waals surface area (Å²) in [5.74, 6) is 0.679. The average Bonchev–Trinajstić information content (AvgIpc) is 2.26. The van der Waals surface area contributed by atoms with Crippen LogP contribution in [0, 0.1) is 5.92 Å². The molecule has 0 aliphatic heterocycles. The molecule has 1 aliphatic carbocycles. The predicted octanol–water partition coefficient (Wildman–Crippen LogP) is 3.59. The zero-order valence-electron chi connectivity index (χ0n) is 9.70. The molecule has 17 heavy (non-hydrogen) atoms. The zero-order valence-corrected chi connectivity index (χ0v) is 12.0. The van der Waals surface area contributed by atoms with Crippen molar-refractivity contribution in [3.05, 3.63) is 34.9 Å². The summed E-state index contributed by atoms with van der Waals surface area (Å²) in [5.41, 5.74) is 0.662. The lowest BCUT2D eigenvalue weighted by Gasteiger charge is -2.34. The number of amides is 1. The molecule has 1 saturated carbocycles. The molecular formula is C13H15BrClNO. The van der Waals surface area contributed by atoms with Crippen molar-refractivity contribution >= 4 is 33.4 Å². The summed E-state index contributed by atoms with van der Waals surface area (Å²) in [6, 6.07) is 7.11. The Balaban J connectivity index is 1.95. The van der Waals surface area contributed by atoms with Crippen molar-refractivity contribution in [2.45, 2.75) is 17.7 Å². The van der Waals surface area contributed by atoms with Crippen molar-refractivity contribution in [2.75, 3.05) is 13.6 Å². The van der Waals surface area contributed by atoms with Gasteiger partial charge in [-0.2, -0.15) is 0 Å². The highest BCUT2D eigenvalue weighted by atomic mass is 79.9. The smallest absolute Gasteiger partial charge is 0.253 e. The molecule has 0 unspecified atom stereocenters. The SMILES string of the molecule is CN(CC1CC(Br)C1)C(=O)c1cccc(Cl)c1. The molecule has 1 amide bonds. The number of benzene rings is 1. The minimum atomic E-state index is 0.0468. The molecule has 0 heterocycles. The number of hydrogen-bond acceptors (Lipinski definition) is 1. The Morgan fingerprint density at radius 2 is 2.24 bits per heavy atom. The first kappa shape index (κ1) is 12.9. The summed E-state index contributed by atoms with van der Waals surface area (Å²) < 4.78 is 0. The number of alkyl halides is 1. The first-order valence-corrected chi connectivity index (χ1v) is 7.00. The van der Waals surface area contributed by atoms with Crippen LogP contribution in [-0.2, 0) is 0 Å². The Hall–Kier alpha value is -0.540. The van der Waals surface area contributed by atoms with E-state index in [0.29, 0.717) is 21.3 Å². The van der Waals surface area contributed by atoms with E-state index < -0.39 is 0 Å². The van der Waals surface area contributed by atoms with Crippen molar-refractivity contribution < 1.29 is 4.79 Å². The van der Waals surface area contributed by atoms with Gasteiger partial charge < -0.3 is 4.90 Å². The van der Waals surface area contributed by atoms with Gasteiger partial charge in [-0.25, -0.2) is 0 Å². The van der Waals surface area contributed by atoms with Gasteiger partial charge >= 0.3 is 0 Å². The average molecular weight is 317 g/mol. The maximum Gasteiger partial charge on any atom is 0.253 e. The highest BCUT2D eigenvalue weighted by molar-refractivity contribution is 9.09. The summed E-state index contributed by atoms with van der Waals surface area (Å²) in [6.45, 7) is 0.827. The van der Waals surface area contributed by atoms with Gasteiger partial charge in [-0.05, 0) is 37.0 Å². The third-order valence-electron chi connectivity index (χ3n) is 3.13. The second-order valence-corrected chi connectivity index (χ2v) is 6.36. The van der Waals surface area contributed by atoms with E-state index in [1.165, 1.54) is 0 Å². The minimum absolute atomic E-state index is 0.0468. The van der Waals surface area contributed by atoms with Gasteiger partial charge in [-0.3, -0.25) is 4.79 Å². The van der Waals surface area contributed by atoms with Crippen LogP contribution in [0.4, 0.5) is 0 Å². The quantitative estimate of drug-likeness (QED) is 0.781. The third-order valence-corrected chi connectivity index (χ3v) is 4.11. The van der Waals surface area contributed by atoms with Gasteiger partial charge in [0.25, 0.3) is 5.91 Å². The van der Waals surface area contributed by atoms with E-state index in [1.807, 2.05) is 7.05 Å². The van der Waals surface area contributed by atoms with Crippen LogP contribution in [0.25, 0.3) is 0 Å². The Morgan fingerprint density at radius 3 is 2.82 bits per heavy atom. The van der Waals surface area contributed by atoms with E-state index in [4.69, 9.17) is 11.6 Å². The number of carbonyl (C=O) groups excluding carboxylic acids is 1. The van der Waals surface area contributed by atoms with E-state index in [1.54, 1.807) is 29.2 Å². The Bertz CT molecular complexity index is 418. The fourth-order valence-electron chi connectivity index (χ4n) is 2.12. The number of hydrogen-bond donors (Lipinski definition) is 0. The molecular weight excluding hydrogens is 302 g/mol. The summed E-state index contributed by atoms with van der Waals surface area (Å²) in [7, 11) is 1.85. The molecule has 0 bridgehead atoms. The standard InChI is InChI=1S/C13H15BrClNO/c1-16(8-9-5-11(14)6-9)13(17)10-3-2-4-12(15)7-10/h2-4,7,9,11H,5-6,8H2,1H3. The van der Waals surface area contributed by atoms with Crippen LogP contribution in [0.3, 0.4) is 0 Å². The lowest BCUT2D eigenvalue weighted by atomic mass is 9.85. The molecule has 0 N–H and O–H groups in total. The summed E-state index contributed by atoms with van der Waals surface area (Å²) in [6.07, 6.45) is 2.32. The Kier molecular flexibility index (Phi) is 4.10. The molecule has 0 aromatic heterocycles. The van der Waals surface area contributed by atoms with E-state index in [9.17, 15) is 4.79 Å². The maximum atomic E-state index is 12.1. The maximum absolute atomic E-state index is 12.1. The highest BCUT2D eigenvalue weighted by Crippen LogP contribution is 2.33. The van der Waals surface area contributed by atoms with Gasteiger partial charge in [-0.1, -0.05) is 33.6 Å². The largest absolute Gasteiger partial charge is 0.341 e. The number of rotatable bonds is 3. The minimum Gasteiger partial charge on any atom is -0.341 e. The third kappa shape index (κ3) is 3.23. The first-order valence-electron chi connectivity index (χ1n) is 5.71. The van der Waals surface area contributed by atoms with Gasteiger partial charge in [-0.15, -0.1) is 0 Å². The first-order chi connectivity index (χ1) is 8.06. The second kappa shape index (κ2) is 5.40. The van der Waals surface area contributed by atoms with Crippen LogP contribution in [0.1, 0.15) is 23.2 Å². The Morgan fingerprint density at radius 1 is 1.53 bits per heavy atom. The van der Waals surface area contributed by atoms with Gasteiger partial charge in [0, 0.05) is 29.0 Å². The van der Waals surface area contributed by atoms with Crippen molar-refractivity contribution in [1.29, 1.82) is 0 Å². The fraction of sp³-hybridized carbons (Fsp3) is 0.462. The molecule has 1 fully saturated rings. The molecule has 0 atom stereocenters. The molecule has 1 aromatic carbocycles. The topological polar surface area (TPSA) is 20.3 Å². The summed E-state index contributed by atoms with van der Waals surface area (Å²) >= 11 is 9.44. The lowest BCUT2D eigenvalue weighted by Crippen LogP contribution is -2.37. The molecule has 1 aromatic rings.